The molecule has 0 aromatic heterocycles. The number of hydrogen-bond donors (Lipinski definition) is 0. The van der Waals surface area contributed by atoms with E-state index < -0.39 is 6.10 Å². The van der Waals surface area contributed by atoms with Crippen molar-refractivity contribution in [3.8, 4) is 0 Å². The highest BCUT2D eigenvalue weighted by atomic mass is 16.6. The number of hydrogen-bond acceptors (Lipinski definition) is 6. The highest BCUT2D eigenvalue weighted by Crippen LogP contribution is 2.13. The van der Waals surface area contributed by atoms with Gasteiger partial charge in [-0.05, 0) is 122 Å². The number of esters is 3. The second-order valence-electron chi connectivity index (χ2n) is 17.7. The Balaban J connectivity index is 4.51. The highest BCUT2D eigenvalue weighted by molar-refractivity contribution is 5.71. The zero-order chi connectivity index (χ0) is 49.3. The maximum Gasteiger partial charge on any atom is 0.306 e. The molecule has 0 rings (SSSR count). The number of carbonyl (C=O) groups excluding carboxylic acids is 3. The first-order valence-electron chi connectivity index (χ1n) is 27.5. The zero-order valence-electron chi connectivity index (χ0n) is 43.8. The molecular weight excluding hydrogens is 841 g/mol. The van der Waals surface area contributed by atoms with E-state index in [0.717, 1.165) is 122 Å². The lowest BCUT2D eigenvalue weighted by Gasteiger charge is -2.18. The molecule has 0 saturated carbocycles. The van der Waals surface area contributed by atoms with Gasteiger partial charge in [0.15, 0.2) is 6.10 Å². The third-order valence-electron chi connectivity index (χ3n) is 11.2. The summed E-state index contributed by atoms with van der Waals surface area (Å²) in [7, 11) is 0. The Bertz CT molecular complexity index is 1450. The van der Waals surface area contributed by atoms with Crippen molar-refractivity contribution >= 4 is 17.9 Å². The molecule has 0 radical (unpaired) electrons. The number of carbonyl (C=O) groups is 3. The first-order valence-corrected chi connectivity index (χ1v) is 27.5. The predicted octanol–water partition coefficient (Wildman–Crippen LogP) is 18.5. The zero-order valence-corrected chi connectivity index (χ0v) is 43.8. The fourth-order valence-corrected chi connectivity index (χ4v) is 7.11. The Kier molecular flexibility index (Phi) is 52.0. The summed E-state index contributed by atoms with van der Waals surface area (Å²) in [5.74, 6) is -1.00. The largest absolute Gasteiger partial charge is 0.462 e. The van der Waals surface area contributed by atoms with Gasteiger partial charge in [0, 0.05) is 19.3 Å². The summed E-state index contributed by atoms with van der Waals surface area (Å²) in [5.41, 5.74) is 0. The molecule has 6 heteroatoms. The molecule has 0 fully saturated rings. The van der Waals surface area contributed by atoms with Crippen molar-refractivity contribution in [3.63, 3.8) is 0 Å². The summed E-state index contributed by atoms with van der Waals surface area (Å²) >= 11 is 0. The molecule has 0 N–H and O–H groups in total. The lowest BCUT2D eigenvalue weighted by atomic mass is 10.1. The van der Waals surface area contributed by atoms with E-state index in [1.165, 1.54) is 64.2 Å². The number of rotatable bonds is 48. The Morgan fingerprint density at radius 3 is 0.941 bits per heavy atom. The third kappa shape index (κ3) is 52.8. The van der Waals surface area contributed by atoms with Crippen molar-refractivity contribution in [1.82, 2.24) is 0 Å². The predicted molar refractivity (Wildman–Crippen MR) is 293 cm³/mol. The van der Waals surface area contributed by atoms with Gasteiger partial charge in [-0.1, -0.05) is 213 Å². The average Bonchev–Trinajstić information content (AvgIpc) is 3.34. The van der Waals surface area contributed by atoms with Gasteiger partial charge in [-0.25, -0.2) is 0 Å². The van der Waals surface area contributed by atoms with E-state index in [9.17, 15) is 14.4 Å². The molecule has 0 aliphatic carbocycles. The Hall–Kier alpha value is -4.19. The first kappa shape index (κ1) is 63.8. The molecule has 0 bridgehead atoms. The molecule has 0 saturated heterocycles. The molecule has 68 heavy (non-hydrogen) atoms. The standard InChI is InChI=1S/C62H100O6/c1-4-7-10-13-16-19-22-25-28-30-31-33-34-37-40-43-46-49-52-55-61(64)67-58-59(57-66-60(63)54-51-48-45-42-39-36-27-24-21-18-15-12-9-6-3)68-62(65)56-53-50-47-44-41-38-35-32-29-26-23-20-17-14-11-8-5-2/h7,9-10,12,16-21,25-29,35-36,38,44,47,59H,4-6,8,11,13-15,22-24,30-34,37,39-43,45-46,48-58H2,1-3H3/b10-7-,12-9-,19-16-,20-17-,21-18-,28-25-,29-26-,36-27-,38-35-,47-44-. The second kappa shape index (κ2) is 55.4. The maximum absolute atomic E-state index is 12.8. The van der Waals surface area contributed by atoms with Crippen LogP contribution in [0.4, 0.5) is 0 Å². The summed E-state index contributed by atoms with van der Waals surface area (Å²) in [6.07, 6.45) is 76.2. The van der Waals surface area contributed by atoms with Crippen LogP contribution in [0, 0.1) is 0 Å². The first-order chi connectivity index (χ1) is 33.5. The lowest BCUT2D eigenvalue weighted by molar-refractivity contribution is -0.167. The summed E-state index contributed by atoms with van der Waals surface area (Å²) in [6, 6.07) is 0. The number of ether oxygens (including phenoxy) is 3. The summed E-state index contributed by atoms with van der Waals surface area (Å²) < 4.78 is 16.8. The average molecular weight is 941 g/mol. The van der Waals surface area contributed by atoms with Crippen molar-refractivity contribution in [2.45, 2.75) is 239 Å². The molecule has 0 aliphatic heterocycles. The second-order valence-corrected chi connectivity index (χ2v) is 17.7. The van der Waals surface area contributed by atoms with Crippen LogP contribution in [-0.2, 0) is 28.6 Å². The van der Waals surface area contributed by atoms with Crippen molar-refractivity contribution in [1.29, 1.82) is 0 Å². The van der Waals surface area contributed by atoms with Gasteiger partial charge >= 0.3 is 17.9 Å². The van der Waals surface area contributed by atoms with Gasteiger partial charge in [0.2, 0.25) is 0 Å². The van der Waals surface area contributed by atoms with Gasteiger partial charge in [-0.15, -0.1) is 0 Å². The van der Waals surface area contributed by atoms with Crippen LogP contribution in [0.2, 0.25) is 0 Å². The topological polar surface area (TPSA) is 78.9 Å². The molecule has 0 aromatic carbocycles. The summed E-state index contributed by atoms with van der Waals surface area (Å²) in [4.78, 5) is 38.1. The van der Waals surface area contributed by atoms with E-state index in [-0.39, 0.29) is 37.5 Å². The smallest absolute Gasteiger partial charge is 0.306 e. The van der Waals surface area contributed by atoms with Gasteiger partial charge in [0.25, 0.3) is 0 Å². The normalized spacial score (nSPS) is 13.0. The fourth-order valence-electron chi connectivity index (χ4n) is 7.11. The van der Waals surface area contributed by atoms with Crippen molar-refractivity contribution in [2.24, 2.45) is 0 Å². The van der Waals surface area contributed by atoms with Gasteiger partial charge in [0.05, 0.1) is 0 Å². The lowest BCUT2D eigenvalue weighted by Crippen LogP contribution is -2.30. The van der Waals surface area contributed by atoms with Gasteiger partial charge in [-0.2, -0.15) is 0 Å². The molecule has 0 heterocycles. The van der Waals surface area contributed by atoms with E-state index in [1.807, 2.05) is 0 Å². The van der Waals surface area contributed by atoms with Gasteiger partial charge < -0.3 is 14.2 Å². The molecule has 0 amide bonds. The minimum absolute atomic E-state index is 0.113. The quantitative estimate of drug-likeness (QED) is 0.0262. The van der Waals surface area contributed by atoms with Crippen molar-refractivity contribution in [3.05, 3.63) is 122 Å². The molecule has 1 atom stereocenters. The van der Waals surface area contributed by atoms with Crippen LogP contribution in [0.15, 0.2) is 122 Å². The molecule has 0 aliphatic rings. The van der Waals surface area contributed by atoms with Crippen molar-refractivity contribution < 1.29 is 28.6 Å². The van der Waals surface area contributed by atoms with E-state index >= 15 is 0 Å². The van der Waals surface area contributed by atoms with Crippen LogP contribution in [0.25, 0.3) is 0 Å². The number of unbranched alkanes of at least 4 members (excludes halogenated alkanes) is 17. The maximum atomic E-state index is 12.8. The van der Waals surface area contributed by atoms with Crippen LogP contribution in [0.3, 0.4) is 0 Å². The fraction of sp³-hybridized carbons (Fsp3) is 0.629. The molecule has 0 aromatic rings. The van der Waals surface area contributed by atoms with E-state index in [4.69, 9.17) is 14.2 Å². The number of allylic oxidation sites excluding steroid dienone is 20. The van der Waals surface area contributed by atoms with Crippen LogP contribution >= 0.6 is 0 Å². The summed E-state index contributed by atoms with van der Waals surface area (Å²) in [5, 5.41) is 0. The van der Waals surface area contributed by atoms with Crippen LogP contribution in [-0.4, -0.2) is 37.2 Å². The summed E-state index contributed by atoms with van der Waals surface area (Å²) in [6.45, 7) is 6.31. The molecule has 6 nitrogen and oxygen atoms in total. The van der Waals surface area contributed by atoms with Gasteiger partial charge in [0.1, 0.15) is 13.2 Å². The van der Waals surface area contributed by atoms with Crippen molar-refractivity contribution in [2.75, 3.05) is 13.2 Å². The molecule has 384 valence electrons. The highest BCUT2D eigenvalue weighted by Gasteiger charge is 2.19. The SMILES string of the molecule is CC/C=C\C/C=C\C/C=C\CCCCCCCCCCCC(=O)OCC(COC(=O)CCCCCC/C=C\C/C=C\C/C=C\CC)OC(=O)CCC/C=C\C/C=C\C/C=C\C/C=C\CCCCC. The minimum Gasteiger partial charge on any atom is -0.462 e. The monoisotopic (exact) mass is 941 g/mol. The van der Waals surface area contributed by atoms with Gasteiger partial charge in [-0.3, -0.25) is 14.4 Å². The van der Waals surface area contributed by atoms with Crippen LogP contribution < -0.4 is 0 Å². The molecule has 0 spiro atoms. The minimum atomic E-state index is -0.822. The Labute approximate surface area is 418 Å². The third-order valence-corrected chi connectivity index (χ3v) is 11.2. The Morgan fingerprint density at radius 2 is 0.588 bits per heavy atom. The molecular formula is C62H100O6. The van der Waals surface area contributed by atoms with E-state index in [2.05, 4.69) is 142 Å². The Morgan fingerprint density at radius 1 is 0.309 bits per heavy atom. The van der Waals surface area contributed by atoms with E-state index in [0.29, 0.717) is 19.3 Å². The van der Waals surface area contributed by atoms with Crippen LogP contribution in [0.1, 0.15) is 233 Å². The van der Waals surface area contributed by atoms with E-state index in [1.54, 1.807) is 0 Å². The molecule has 1 unspecified atom stereocenters. The van der Waals surface area contributed by atoms with Crippen LogP contribution in [0.5, 0.6) is 0 Å².